The predicted octanol–water partition coefficient (Wildman–Crippen LogP) is 2.74. The van der Waals surface area contributed by atoms with Crippen LogP contribution in [0.2, 0.25) is 0 Å². The molecule has 1 saturated heterocycles. The summed E-state index contributed by atoms with van der Waals surface area (Å²) in [4.78, 5) is 14.4. The maximum absolute atomic E-state index is 12.5. The van der Waals surface area contributed by atoms with Crippen LogP contribution in [-0.2, 0) is 10.0 Å². The van der Waals surface area contributed by atoms with Gasteiger partial charge >= 0.3 is 6.03 Å². The number of sulfonamides is 1. The number of hydrogen-bond donors (Lipinski definition) is 1. The van der Waals surface area contributed by atoms with Crippen molar-refractivity contribution in [2.75, 3.05) is 36.0 Å². The highest BCUT2D eigenvalue weighted by Crippen LogP contribution is 2.27. The minimum absolute atomic E-state index is 0.173. The molecule has 1 atom stereocenters. The molecule has 1 fully saturated rings. The summed E-state index contributed by atoms with van der Waals surface area (Å²) in [5, 5.41) is 2.86. The van der Waals surface area contributed by atoms with Gasteiger partial charge in [-0.2, -0.15) is 0 Å². The van der Waals surface area contributed by atoms with Gasteiger partial charge in [0.05, 0.1) is 17.6 Å². The minimum Gasteiger partial charge on any atom is -0.324 e. The zero-order chi connectivity index (χ0) is 17.0. The van der Waals surface area contributed by atoms with Gasteiger partial charge in [-0.05, 0) is 30.9 Å². The number of carbonyl (C=O) groups excluding carboxylic acids is 1. The van der Waals surface area contributed by atoms with Crippen molar-refractivity contribution >= 4 is 27.4 Å². The second-order valence-corrected chi connectivity index (χ2v) is 8.24. The fraction of sp³-hybridized carbons (Fsp3) is 0.562. The summed E-state index contributed by atoms with van der Waals surface area (Å²) in [6.07, 6.45) is 4.42. The van der Waals surface area contributed by atoms with Gasteiger partial charge in [0.2, 0.25) is 10.0 Å². The molecule has 0 saturated carbocycles. The van der Waals surface area contributed by atoms with Crippen LogP contribution in [-0.4, -0.2) is 45.7 Å². The summed E-state index contributed by atoms with van der Waals surface area (Å²) in [6, 6.07) is 6.76. The number of hydrogen-bond acceptors (Lipinski definition) is 3. The van der Waals surface area contributed by atoms with E-state index in [1.54, 1.807) is 24.3 Å². The Morgan fingerprint density at radius 3 is 2.70 bits per heavy atom. The molecule has 2 amide bonds. The Kier molecular flexibility index (Phi) is 5.51. The van der Waals surface area contributed by atoms with E-state index in [0.717, 1.165) is 38.6 Å². The first kappa shape index (κ1) is 17.6. The molecule has 0 radical (unpaired) electrons. The highest BCUT2D eigenvalue weighted by molar-refractivity contribution is 7.92. The molecule has 1 N–H and O–H groups in total. The van der Waals surface area contributed by atoms with Gasteiger partial charge < -0.3 is 10.2 Å². The number of para-hydroxylation sites is 2. The zero-order valence-electron chi connectivity index (χ0n) is 13.9. The lowest BCUT2D eigenvalue weighted by molar-refractivity contribution is 0.207. The number of rotatable bonds is 3. The van der Waals surface area contributed by atoms with Crippen LogP contribution in [0.15, 0.2) is 24.3 Å². The number of nitrogens with zero attached hydrogens (tertiary/aromatic N) is 2. The highest BCUT2D eigenvalue weighted by atomic mass is 32.2. The smallest absolute Gasteiger partial charge is 0.321 e. The van der Waals surface area contributed by atoms with Crippen LogP contribution in [0, 0.1) is 5.92 Å². The Bertz CT molecular complexity index is 660. The number of benzene rings is 1. The molecular weight excluding hydrogens is 314 g/mol. The second-order valence-electron chi connectivity index (χ2n) is 6.22. The van der Waals surface area contributed by atoms with Crippen molar-refractivity contribution < 1.29 is 13.2 Å². The van der Waals surface area contributed by atoms with Crippen LogP contribution in [0.3, 0.4) is 0 Å². The van der Waals surface area contributed by atoms with E-state index in [9.17, 15) is 13.2 Å². The fourth-order valence-corrected chi connectivity index (χ4v) is 3.28. The lowest BCUT2D eigenvalue weighted by atomic mass is 10.1. The zero-order valence-corrected chi connectivity index (χ0v) is 14.8. The first-order valence-corrected chi connectivity index (χ1v) is 9.72. The van der Waals surface area contributed by atoms with Gasteiger partial charge in [0.1, 0.15) is 0 Å². The molecule has 7 heteroatoms. The maximum atomic E-state index is 12.5. The van der Waals surface area contributed by atoms with Gasteiger partial charge in [-0.1, -0.05) is 25.5 Å². The van der Waals surface area contributed by atoms with Crippen molar-refractivity contribution in [2.45, 2.75) is 26.2 Å². The molecule has 0 unspecified atom stereocenters. The van der Waals surface area contributed by atoms with Crippen molar-refractivity contribution in [1.82, 2.24) is 4.90 Å². The Labute approximate surface area is 138 Å². The third kappa shape index (κ3) is 4.60. The van der Waals surface area contributed by atoms with E-state index in [4.69, 9.17) is 0 Å². The number of anilines is 2. The van der Waals surface area contributed by atoms with Gasteiger partial charge in [-0.3, -0.25) is 4.31 Å². The van der Waals surface area contributed by atoms with Crippen LogP contribution in [0.5, 0.6) is 0 Å². The Morgan fingerprint density at radius 2 is 2.00 bits per heavy atom. The molecule has 1 aromatic carbocycles. The highest BCUT2D eigenvalue weighted by Gasteiger charge is 2.22. The van der Waals surface area contributed by atoms with Gasteiger partial charge in [-0.25, -0.2) is 13.2 Å². The Balaban J connectivity index is 2.18. The van der Waals surface area contributed by atoms with E-state index in [1.807, 2.05) is 4.90 Å². The molecule has 0 aliphatic carbocycles. The second kappa shape index (κ2) is 7.21. The van der Waals surface area contributed by atoms with Crippen molar-refractivity contribution in [3.63, 3.8) is 0 Å². The third-order valence-electron chi connectivity index (χ3n) is 4.18. The third-order valence-corrected chi connectivity index (χ3v) is 5.37. The molecular formula is C16H25N3O3S. The molecule has 2 rings (SSSR count). The monoisotopic (exact) mass is 339 g/mol. The number of urea groups is 1. The first-order valence-electron chi connectivity index (χ1n) is 7.88. The molecule has 1 aromatic rings. The van der Waals surface area contributed by atoms with Gasteiger partial charge in [0, 0.05) is 20.1 Å². The average molecular weight is 339 g/mol. The predicted molar refractivity (Wildman–Crippen MR) is 93.3 cm³/mol. The number of amides is 2. The summed E-state index contributed by atoms with van der Waals surface area (Å²) < 4.78 is 24.7. The summed E-state index contributed by atoms with van der Waals surface area (Å²) >= 11 is 0. The molecule has 0 bridgehead atoms. The standard InChI is InChI=1S/C16H25N3O3S/c1-13-8-6-7-11-19(12-13)16(20)17-14-9-4-5-10-15(14)18(2)23(3,21)22/h4-5,9-10,13H,6-8,11-12H2,1-3H3,(H,17,20)/t13-/m0/s1. The molecule has 0 aromatic heterocycles. The summed E-state index contributed by atoms with van der Waals surface area (Å²) in [7, 11) is -1.90. The molecule has 1 aliphatic heterocycles. The van der Waals surface area contributed by atoms with Crippen molar-refractivity contribution in [1.29, 1.82) is 0 Å². The summed E-state index contributed by atoms with van der Waals surface area (Å²) in [5.41, 5.74) is 0.966. The lowest BCUT2D eigenvalue weighted by Crippen LogP contribution is -2.38. The van der Waals surface area contributed by atoms with Crippen molar-refractivity contribution in [3.05, 3.63) is 24.3 Å². The fourth-order valence-electron chi connectivity index (χ4n) is 2.77. The summed E-state index contributed by atoms with van der Waals surface area (Å²) in [6.45, 7) is 3.62. The number of carbonyl (C=O) groups is 1. The molecule has 0 spiro atoms. The van der Waals surface area contributed by atoms with Crippen LogP contribution in [0.1, 0.15) is 26.2 Å². The van der Waals surface area contributed by atoms with E-state index in [1.165, 1.54) is 11.4 Å². The van der Waals surface area contributed by atoms with Crippen LogP contribution >= 0.6 is 0 Å². The van der Waals surface area contributed by atoms with E-state index in [0.29, 0.717) is 17.3 Å². The topological polar surface area (TPSA) is 69.7 Å². The lowest BCUT2D eigenvalue weighted by Gasteiger charge is -2.25. The maximum Gasteiger partial charge on any atom is 0.321 e. The van der Waals surface area contributed by atoms with Gasteiger partial charge in [0.25, 0.3) is 0 Å². The Hall–Kier alpha value is -1.76. The molecule has 6 nitrogen and oxygen atoms in total. The SMILES string of the molecule is C[C@H]1CCCCN(C(=O)Nc2ccccc2N(C)S(C)(=O)=O)C1. The van der Waals surface area contributed by atoms with E-state index in [2.05, 4.69) is 12.2 Å². The summed E-state index contributed by atoms with van der Waals surface area (Å²) in [5.74, 6) is 0.484. The van der Waals surface area contributed by atoms with Gasteiger partial charge in [0.15, 0.2) is 0 Å². The van der Waals surface area contributed by atoms with E-state index < -0.39 is 10.0 Å². The average Bonchev–Trinajstić information content (AvgIpc) is 2.71. The number of nitrogens with one attached hydrogen (secondary N) is 1. The van der Waals surface area contributed by atoms with Crippen LogP contribution in [0.25, 0.3) is 0 Å². The largest absolute Gasteiger partial charge is 0.324 e. The van der Waals surface area contributed by atoms with Crippen LogP contribution in [0.4, 0.5) is 16.2 Å². The van der Waals surface area contributed by atoms with Gasteiger partial charge in [-0.15, -0.1) is 0 Å². The number of likely N-dealkylation sites (tertiary alicyclic amines) is 1. The van der Waals surface area contributed by atoms with Crippen molar-refractivity contribution in [3.8, 4) is 0 Å². The molecule has 1 heterocycles. The van der Waals surface area contributed by atoms with Crippen molar-refractivity contribution in [2.24, 2.45) is 5.92 Å². The Morgan fingerprint density at radius 1 is 1.30 bits per heavy atom. The molecule has 128 valence electrons. The van der Waals surface area contributed by atoms with E-state index in [-0.39, 0.29) is 6.03 Å². The molecule has 1 aliphatic rings. The normalized spacial score (nSPS) is 19.1. The molecule has 23 heavy (non-hydrogen) atoms. The van der Waals surface area contributed by atoms with E-state index >= 15 is 0 Å². The first-order chi connectivity index (χ1) is 10.8. The minimum atomic E-state index is -3.39. The quantitative estimate of drug-likeness (QED) is 0.920. The van der Waals surface area contributed by atoms with Crippen LogP contribution < -0.4 is 9.62 Å².